The minimum Gasteiger partial charge on any atom is -0.399 e. The Balaban J connectivity index is 1.53. The van der Waals surface area contributed by atoms with E-state index in [4.69, 9.17) is 22.3 Å². The van der Waals surface area contributed by atoms with E-state index >= 15 is 0 Å². The summed E-state index contributed by atoms with van der Waals surface area (Å²) in [6.45, 7) is 2.35. The molecule has 3 aromatic rings. The fourth-order valence-corrected chi connectivity index (χ4v) is 4.37. The summed E-state index contributed by atoms with van der Waals surface area (Å²) in [5, 5.41) is 3.77. The molecule has 1 fully saturated rings. The minimum absolute atomic E-state index is 0.0921. The number of hydrogen-bond acceptors (Lipinski definition) is 5. The lowest BCUT2D eigenvalue weighted by atomic mass is 9.91. The van der Waals surface area contributed by atoms with Crippen LogP contribution in [0.5, 0.6) is 0 Å². The third-order valence-corrected chi connectivity index (χ3v) is 6.21. The van der Waals surface area contributed by atoms with Gasteiger partial charge in [0.2, 0.25) is 5.95 Å². The molecule has 2 amide bonds. The number of nitrogens with one attached hydrogen (secondary N) is 1. The van der Waals surface area contributed by atoms with Gasteiger partial charge < -0.3 is 11.1 Å². The number of nitrogens with zero attached hydrogens (tertiary/aromatic N) is 4. The molecule has 3 N–H and O–H groups in total. The molecule has 2 aliphatic rings. The lowest BCUT2D eigenvalue weighted by Crippen LogP contribution is -2.54. The van der Waals surface area contributed by atoms with E-state index in [-0.39, 0.29) is 12.1 Å². The Kier molecular flexibility index (Phi) is 4.90. The summed E-state index contributed by atoms with van der Waals surface area (Å²) >= 11 is 6.49. The van der Waals surface area contributed by atoms with Crippen LogP contribution in [0.25, 0.3) is 0 Å². The number of rotatable bonds is 4. The molecule has 1 aliphatic heterocycles. The molecule has 1 aliphatic carbocycles. The number of amides is 2. The number of anilines is 5. The number of benzene rings is 2. The Bertz CT molecular complexity index is 1130. The third-order valence-electron chi connectivity index (χ3n) is 5.90. The van der Waals surface area contributed by atoms with Crippen LogP contribution in [0.2, 0.25) is 5.02 Å². The minimum atomic E-state index is -0.0921. The van der Waals surface area contributed by atoms with Crippen molar-refractivity contribution in [3.8, 4) is 0 Å². The second-order valence-corrected chi connectivity index (χ2v) is 8.43. The Morgan fingerprint density at radius 3 is 2.61 bits per heavy atom. The number of halogens is 1. The van der Waals surface area contributed by atoms with Gasteiger partial charge in [0.15, 0.2) is 0 Å². The zero-order chi connectivity index (χ0) is 21.5. The number of fused-ring (bicyclic) bond motifs is 1. The maximum Gasteiger partial charge on any atom is 0.330 e. The summed E-state index contributed by atoms with van der Waals surface area (Å²) in [5.74, 6) is 1.12. The Morgan fingerprint density at radius 2 is 1.94 bits per heavy atom. The van der Waals surface area contributed by atoms with Gasteiger partial charge in [-0.05, 0) is 62.1 Å². The van der Waals surface area contributed by atoms with Crippen molar-refractivity contribution < 1.29 is 4.79 Å². The lowest BCUT2D eigenvalue weighted by molar-refractivity contribution is 0.242. The molecular formula is C23H23ClN6O. The van der Waals surface area contributed by atoms with Crippen molar-refractivity contribution in [3.05, 3.63) is 64.8 Å². The predicted octanol–water partition coefficient (Wildman–Crippen LogP) is 5.26. The maximum atomic E-state index is 13.6. The second kappa shape index (κ2) is 7.74. The van der Waals surface area contributed by atoms with Crippen LogP contribution in [-0.2, 0) is 6.54 Å². The first kappa shape index (κ1) is 19.6. The Morgan fingerprint density at radius 1 is 1.16 bits per heavy atom. The van der Waals surface area contributed by atoms with Gasteiger partial charge in [-0.1, -0.05) is 23.7 Å². The molecule has 0 unspecified atom stereocenters. The first-order chi connectivity index (χ1) is 15.0. The van der Waals surface area contributed by atoms with Crippen LogP contribution >= 0.6 is 11.6 Å². The van der Waals surface area contributed by atoms with Crippen molar-refractivity contribution in [2.24, 2.45) is 0 Å². The van der Waals surface area contributed by atoms with Crippen molar-refractivity contribution in [1.82, 2.24) is 9.97 Å². The molecule has 1 aromatic heterocycles. The zero-order valence-corrected chi connectivity index (χ0v) is 17.9. The lowest BCUT2D eigenvalue weighted by Gasteiger charge is -2.43. The third kappa shape index (κ3) is 3.55. The number of hydrogen-bond donors (Lipinski definition) is 2. The van der Waals surface area contributed by atoms with Crippen molar-refractivity contribution in [1.29, 1.82) is 0 Å². The van der Waals surface area contributed by atoms with E-state index in [0.717, 1.165) is 41.8 Å². The molecule has 2 aromatic carbocycles. The van der Waals surface area contributed by atoms with E-state index in [0.29, 0.717) is 29.0 Å². The molecule has 31 heavy (non-hydrogen) atoms. The number of urea groups is 1. The average molecular weight is 435 g/mol. The molecule has 0 bridgehead atoms. The zero-order valence-electron chi connectivity index (χ0n) is 17.2. The number of aryl methyl sites for hydroxylation is 1. The van der Waals surface area contributed by atoms with Gasteiger partial charge in [0.25, 0.3) is 0 Å². The predicted molar refractivity (Wildman–Crippen MR) is 124 cm³/mol. The van der Waals surface area contributed by atoms with Crippen LogP contribution in [0.1, 0.15) is 30.4 Å². The monoisotopic (exact) mass is 434 g/mol. The molecule has 0 spiro atoms. The maximum absolute atomic E-state index is 13.6. The van der Waals surface area contributed by atoms with Gasteiger partial charge in [-0.15, -0.1) is 0 Å². The van der Waals surface area contributed by atoms with E-state index < -0.39 is 0 Å². The number of aromatic nitrogens is 2. The molecule has 1 saturated carbocycles. The molecule has 8 heteroatoms. The van der Waals surface area contributed by atoms with Crippen molar-refractivity contribution in [2.75, 3.05) is 20.9 Å². The van der Waals surface area contributed by atoms with E-state index in [1.54, 1.807) is 11.1 Å². The summed E-state index contributed by atoms with van der Waals surface area (Å²) < 4.78 is 0. The van der Waals surface area contributed by atoms with Crippen molar-refractivity contribution in [2.45, 2.75) is 38.8 Å². The topological polar surface area (TPSA) is 87.4 Å². The van der Waals surface area contributed by atoms with E-state index in [2.05, 4.69) is 10.3 Å². The molecular weight excluding hydrogens is 412 g/mol. The molecule has 0 radical (unpaired) electrons. The average Bonchev–Trinajstić information content (AvgIpc) is 2.71. The number of carbonyl (C=O) groups excluding carboxylic acids is 1. The van der Waals surface area contributed by atoms with Crippen LogP contribution in [0.15, 0.2) is 48.7 Å². The highest BCUT2D eigenvalue weighted by atomic mass is 35.5. The van der Waals surface area contributed by atoms with Gasteiger partial charge in [0, 0.05) is 29.2 Å². The van der Waals surface area contributed by atoms with E-state index in [1.165, 1.54) is 0 Å². The van der Waals surface area contributed by atoms with Crippen LogP contribution in [0, 0.1) is 6.92 Å². The van der Waals surface area contributed by atoms with Crippen molar-refractivity contribution >= 4 is 46.5 Å². The number of carbonyl (C=O) groups is 1. The quantitative estimate of drug-likeness (QED) is 0.546. The fraction of sp³-hybridized carbons (Fsp3) is 0.261. The summed E-state index contributed by atoms with van der Waals surface area (Å²) in [7, 11) is 0. The molecule has 2 heterocycles. The number of nitrogens with two attached hydrogens (primary N) is 1. The molecule has 0 atom stereocenters. The summed E-state index contributed by atoms with van der Waals surface area (Å²) in [5.41, 5.74) is 9.89. The molecule has 0 saturated heterocycles. The fourth-order valence-electron chi connectivity index (χ4n) is 4.05. The molecule has 5 rings (SSSR count). The van der Waals surface area contributed by atoms with E-state index in [9.17, 15) is 4.79 Å². The smallest absolute Gasteiger partial charge is 0.330 e. The summed E-state index contributed by atoms with van der Waals surface area (Å²) in [6, 6.07) is 13.1. The van der Waals surface area contributed by atoms with Crippen LogP contribution < -0.4 is 20.9 Å². The van der Waals surface area contributed by atoms with Gasteiger partial charge in [0.05, 0.1) is 17.3 Å². The highest BCUT2D eigenvalue weighted by molar-refractivity contribution is 6.34. The van der Waals surface area contributed by atoms with Gasteiger partial charge in [-0.3, -0.25) is 9.80 Å². The largest absolute Gasteiger partial charge is 0.399 e. The molecule has 158 valence electrons. The SMILES string of the molecule is Cc1cccc(Cl)c1N1Cc2cnc(Nc3ccc(N)cc3)nc2N(C2CCC2)C1=O. The summed E-state index contributed by atoms with van der Waals surface area (Å²) in [6.07, 6.45) is 4.83. The number of para-hydroxylation sites is 1. The Hall–Kier alpha value is -3.32. The Labute approximate surface area is 185 Å². The van der Waals surface area contributed by atoms with Crippen LogP contribution in [-0.4, -0.2) is 22.0 Å². The highest BCUT2D eigenvalue weighted by Crippen LogP contribution is 2.40. The van der Waals surface area contributed by atoms with Gasteiger partial charge in [-0.2, -0.15) is 4.98 Å². The first-order valence-corrected chi connectivity index (χ1v) is 10.7. The number of nitrogen functional groups attached to an aromatic ring is 1. The normalized spacial score (nSPS) is 16.1. The van der Waals surface area contributed by atoms with Gasteiger partial charge in [-0.25, -0.2) is 9.78 Å². The highest BCUT2D eigenvalue weighted by Gasteiger charge is 2.40. The first-order valence-electron chi connectivity index (χ1n) is 10.4. The van der Waals surface area contributed by atoms with Crippen LogP contribution in [0.4, 0.5) is 33.6 Å². The van der Waals surface area contributed by atoms with Crippen LogP contribution in [0.3, 0.4) is 0 Å². The van der Waals surface area contributed by atoms with E-state index in [1.807, 2.05) is 54.3 Å². The standard InChI is InChI=1S/C23H23ClN6O/c1-14-4-2-7-19(24)20(14)29-13-15-12-26-22(27-17-10-8-16(25)9-11-17)28-21(15)30(23(29)31)18-5-3-6-18/h2,4,7-12,18H,3,5-6,13,25H2,1H3,(H,26,27,28). The van der Waals surface area contributed by atoms with Crippen molar-refractivity contribution in [3.63, 3.8) is 0 Å². The van der Waals surface area contributed by atoms with Gasteiger partial charge >= 0.3 is 6.03 Å². The summed E-state index contributed by atoms with van der Waals surface area (Å²) in [4.78, 5) is 26.4. The molecule has 7 nitrogen and oxygen atoms in total. The second-order valence-electron chi connectivity index (χ2n) is 8.02. The van der Waals surface area contributed by atoms with Gasteiger partial charge in [0.1, 0.15) is 5.82 Å².